The first-order valence-electron chi connectivity index (χ1n) is 7.26. The van der Waals surface area contributed by atoms with Gasteiger partial charge < -0.3 is 0 Å². The molecule has 95 valence electrons. The Morgan fingerprint density at radius 3 is 1.38 bits per heavy atom. The van der Waals surface area contributed by atoms with Crippen LogP contribution in [-0.2, 0) is 0 Å². The van der Waals surface area contributed by atoms with E-state index in [4.69, 9.17) is 0 Å². The van der Waals surface area contributed by atoms with Crippen molar-refractivity contribution in [2.75, 3.05) is 0 Å². The highest BCUT2D eigenvalue weighted by atomic mass is 32.1. The topological polar surface area (TPSA) is 0 Å². The summed E-state index contributed by atoms with van der Waals surface area (Å²) in [5, 5.41) is 2.79. The van der Waals surface area contributed by atoms with Gasteiger partial charge in [0.2, 0.25) is 0 Å². The maximum Gasteiger partial charge on any atom is 0.0291 e. The summed E-state index contributed by atoms with van der Waals surface area (Å²) < 4.78 is 0. The smallest absolute Gasteiger partial charge is 0.0291 e. The van der Waals surface area contributed by atoms with E-state index >= 15 is 0 Å². The van der Waals surface area contributed by atoms with Gasteiger partial charge >= 0.3 is 0 Å². The van der Waals surface area contributed by atoms with Crippen molar-refractivity contribution in [1.29, 1.82) is 0 Å². The van der Waals surface area contributed by atoms with Crippen molar-refractivity contribution in [2.45, 2.75) is 90.4 Å². The standard InChI is InChI=1S/C15H29S/c1-2-3-4-5-6-7-8-9-10-11-12-13-14-15-16/h2-14H2,1H3. The van der Waals surface area contributed by atoms with Crippen LogP contribution in [0.25, 0.3) is 0 Å². The molecule has 0 spiro atoms. The van der Waals surface area contributed by atoms with Crippen LogP contribution in [0.1, 0.15) is 90.4 Å². The van der Waals surface area contributed by atoms with Gasteiger partial charge in [-0.3, -0.25) is 0 Å². The molecule has 0 aromatic rings. The Morgan fingerprint density at radius 1 is 0.625 bits per heavy atom. The molecule has 0 saturated carbocycles. The van der Waals surface area contributed by atoms with Crippen LogP contribution in [0.3, 0.4) is 0 Å². The minimum absolute atomic E-state index is 1.01. The number of rotatable bonds is 13. The van der Waals surface area contributed by atoms with Gasteiger partial charge in [0.15, 0.2) is 0 Å². The summed E-state index contributed by atoms with van der Waals surface area (Å²) in [4.78, 5) is 0. The molecular weight excluding hydrogens is 212 g/mol. The second-order valence-corrected chi connectivity index (χ2v) is 5.07. The zero-order chi connectivity index (χ0) is 11.9. The van der Waals surface area contributed by atoms with E-state index in [1.807, 2.05) is 0 Å². The average molecular weight is 241 g/mol. The molecule has 0 amide bonds. The summed E-state index contributed by atoms with van der Waals surface area (Å²) in [6, 6.07) is 0. The predicted octanol–water partition coefficient (Wildman–Crippen LogP) is 5.95. The van der Waals surface area contributed by atoms with Gasteiger partial charge in [0.05, 0.1) is 0 Å². The van der Waals surface area contributed by atoms with E-state index in [9.17, 15) is 0 Å². The monoisotopic (exact) mass is 241 g/mol. The van der Waals surface area contributed by atoms with Crippen molar-refractivity contribution >= 4 is 17.6 Å². The number of hydrogen-bond donors (Lipinski definition) is 0. The summed E-state index contributed by atoms with van der Waals surface area (Å²) >= 11 is 4.68. The quantitative estimate of drug-likeness (QED) is 0.283. The Bertz CT molecular complexity index is 131. The van der Waals surface area contributed by atoms with Crippen LogP contribution in [0.4, 0.5) is 0 Å². The maximum absolute atomic E-state index is 4.68. The summed E-state index contributed by atoms with van der Waals surface area (Å²) in [5.41, 5.74) is 0. The van der Waals surface area contributed by atoms with Crippen molar-refractivity contribution in [1.82, 2.24) is 0 Å². The van der Waals surface area contributed by atoms with Gasteiger partial charge in [0, 0.05) is 5.37 Å². The molecule has 0 rings (SSSR count). The minimum atomic E-state index is 1.01. The molecule has 0 aliphatic rings. The van der Waals surface area contributed by atoms with E-state index in [-0.39, 0.29) is 0 Å². The summed E-state index contributed by atoms with van der Waals surface area (Å²) in [7, 11) is 0. The van der Waals surface area contributed by atoms with Crippen LogP contribution in [-0.4, -0.2) is 5.37 Å². The molecule has 16 heavy (non-hydrogen) atoms. The Kier molecular flexibility index (Phi) is 15.2. The van der Waals surface area contributed by atoms with E-state index in [0.717, 1.165) is 6.42 Å². The number of hydrogen-bond acceptors (Lipinski definition) is 1. The van der Waals surface area contributed by atoms with Crippen LogP contribution in [0.15, 0.2) is 0 Å². The van der Waals surface area contributed by atoms with E-state index < -0.39 is 0 Å². The third kappa shape index (κ3) is 14.1. The van der Waals surface area contributed by atoms with Gasteiger partial charge in [0.25, 0.3) is 0 Å². The number of unbranched alkanes of at least 4 members (excludes halogenated alkanes) is 12. The van der Waals surface area contributed by atoms with E-state index in [1.165, 1.54) is 77.0 Å². The lowest BCUT2D eigenvalue weighted by atomic mass is 10.1. The summed E-state index contributed by atoms with van der Waals surface area (Å²) in [6.07, 6.45) is 17.9. The molecule has 0 aromatic heterocycles. The van der Waals surface area contributed by atoms with Crippen molar-refractivity contribution in [3.05, 3.63) is 0 Å². The third-order valence-corrected chi connectivity index (χ3v) is 3.34. The van der Waals surface area contributed by atoms with Crippen molar-refractivity contribution in [2.24, 2.45) is 0 Å². The van der Waals surface area contributed by atoms with E-state index in [2.05, 4.69) is 24.5 Å². The highest BCUT2D eigenvalue weighted by molar-refractivity contribution is 7.78. The Morgan fingerprint density at radius 2 is 1.00 bits per heavy atom. The molecular formula is C15H29S. The molecule has 0 atom stereocenters. The van der Waals surface area contributed by atoms with Gasteiger partial charge in [-0.05, 0) is 12.8 Å². The Balaban J connectivity index is 2.85. The van der Waals surface area contributed by atoms with Gasteiger partial charge in [0.1, 0.15) is 0 Å². The Hall–Kier alpha value is 0.0900. The molecule has 0 N–H and O–H groups in total. The lowest BCUT2D eigenvalue weighted by molar-refractivity contribution is 0.546. The Labute approximate surface area is 108 Å². The zero-order valence-electron chi connectivity index (χ0n) is 11.1. The number of thiocarbonyl (C=S) groups is 1. The SMILES string of the molecule is CCCCCCCCCCCCCC[C]=S. The first kappa shape index (κ1) is 16.1. The largest absolute Gasteiger partial charge is 0.0837 e. The van der Waals surface area contributed by atoms with Gasteiger partial charge in [-0.1, -0.05) is 89.8 Å². The predicted molar refractivity (Wildman–Crippen MR) is 78.3 cm³/mol. The van der Waals surface area contributed by atoms with Crippen LogP contribution in [0.5, 0.6) is 0 Å². The van der Waals surface area contributed by atoms with Crippen LogP contribution in [0, 0.1) is 0 Å². The molecule has 1 heteroatoms. The lowest BCUT2D eigenvalue weighted by Crippen LogP contribution is -1.82. The minimum Gasteiger partial charge on any atom is -0.0837 e. The van der Waals surface area contributed by atoms with Gasteiger partial charge in [-0.2, -0.15) is 0 Å². The fraction of sp³-hybridized carbons (Fsp3) is 0.933. The molecule has 0 nitrogen and oxygen atoms in total. The lowest BCUT2D eigenvalue weighted by Gasteiger charge is -2.01. The fourth-order valence-corrected chi connectivity index (χ4v) is 2.18. The van der Waals surface area contributed by atoms with E-state index in [1.54, 1.807) is 0 Å². The average Bonchev–Trinajstić information content (AvgIpc) is 2.31. The second-order valence-electron chi connectivity index (χ2n) is 4.78. The third-order valence-electron chi connectivity index (χ3n) is 3.13. The fourth-order valence-electron chi connectivity index (χ4n) is 2.04. The van der Waals surface area contributed by atoms with Crippen LogP contribution >= 0.6 is 12.2 Å². The molecule has 0 heterocycles. The second kappa shape index (κ2) is 15.1. The molecule has 0 aliphatic heterocycles. The summed E-state index contributed by atoms with van der Waals surface area (Å²) in [6.45, 7) is 2.28. The molecule has 0 fully saturated rings. The highest BCUT2D eigenvalue weighted by Crippen LogP contribution is 2.12. The first-order chi connectivity index (χ1) is 7.91. The van der Waals surface area contributed by atoms with Gasteiger partial charge in [-0.15, -0.1) is 0 Å². The van der Waals surface area contributed by atoms with Crippen LogP contribution in [0.2, 0.25) is 0 Å². The van der Waals surface area contributed by atoms with Crippen LogP contribution < -0.4 is 0 Å². The maximum atomic E-state index is 4.68. The zero-order valence-corrected chi connectivity index (χ0v) is 11.9. The molecule has 1 radical (unpaired) electrons. The molecule has 0 bridgehead atoms. The first-order valence-corrected chi connectivity index (χ1v) is 7.67. The van der Waals surface area contributed by atoms with Gasteiger partial charge in [-0.25, -0.2) is 0 Å². The molecule has 0 aliphatic carbocycles. The highest BCUT2D eigenvalue weighted by Gasteiger charge is 1.92. The van der Waals surface area contributed by atoms with E-state index in [0.29, 0.717) is 0 Å². The van der Waals surface area contributed by atoms with Crippen molar-refractivity contribution < 1.29 is 0 Å². The molecule has 0 aromatic carbocycles. The van der Waals surface area contributed by atoms with Crippen molar-refractivity contribution in [3.63, 3.8) is 0 Å². The molecule has 0 unspecified atom stereocenters. The normalized spacial score (nSPS) is 10.6. The summed E-state index contributed by atoms with van der Waals surface area (Å²) in [5.74, 6) is 0. The van der Waals surface area contributed by atoms with Crippen molar-refractivity contribution in [3.8, 4) is 0 Å². The molecule has 0 saturated heterocycles.